The highest BCUT2D eigenvalue weighted by molar-refractivity contribution is 7.98. The Kier molecular flexibility index (Phi) is 12.6. The second kappa shape index (κ2) is 12.4. The summed E-state index contributed by atoms with van der Waals surface area (Å²) in [5, 5.41) is -0.188. The van der Waals surface area contributed by atoms with E-state index in [1.807, 2.05) is 11.8 Å². The SMILES string of the molecule is CSCCCCCCCCCCC(=O)Cl. The van der Waals surface area contributed by atoms with Crippen molar-refractivity contribution in [2.75, 3.05) is 12.0 Å². The van der Waals surface area contributed by atoms with Crippen molar-refractivity contribution >= 4 is 28.6 Å². The van der Waals surface area contributed by atoms with Crippen LogP contribution in [0.25, 0.3) is 0 Å². The number of carbonyl (C=O) groups is 1. The van der Waals surface area contributed by atoms with Gasteiger partial charge in [-0.15, -0.1) is 0 Å². The smallest absolute Gasteiger partial charge is 0.221 e. The molecule has 0 spiro atoms. The maximum Gasteiger partial charge on any atom is 0.221 e. The van der Waals surface area contributed by atoms with Gasteiger partial charge in [0.25, 0.3) is 0 Å². The van der Waals surface area contributed by atoms with Crippen molar-refractivity contribution in [2.45, 2.75) is 57.8 Å². The molecule has 0 aromatic heterocycles. The highest BCUT2D eigenvalue weighted by atomic mass is 35.5. The Morgan fingerprint density at radius 1 is 0.933 bits per heavy atom. The third-order valence-corrected chi connectivity index (χ3v) is 3.36. The van der Waals surface area contributed by atoms with Gasteiger partial charge in [-0.3, -0.25) is 4.79 Å². The van der Waals surface area contributed by atoms with Crippen LogP contribution in [0.3, 0.4) is 0 Å². The van der Waals surface area contributed by atoms with E-state index < -0.39 is 0 Å². The Hall–Kier alpha value is 0.310. The molecule has 0 heterocycles. The Balaban J connectivity index is 2.89. The first-order valence-corrected chi connectivity index (χ1v) is 7.72. The number of unbranched alkanes of at least 4 members (excludes halogenated alkanes) is 7. The minimum atomic E-state index is -0.188. The molecule has 0 N–H and O–H groups in total. The molecule has 0 saturated carbocycles. The summed E-state index contributed by atoms with van der Waals surface area (Å²) in [7, 11) is 0. The third kappa shape index (κ3) is 14.3. The van der Waals surface area contributed by atoms with Crippen LogP contribution in [0.4, 0.5) is 0 Å². The van der Waals surface area contributed by atoms with Crippen LogP contribution in [-0.2, 0) is 4.79 Å². The summed E-state index contributed by atoms with van der Waals surface area (Å²) in [6, 6.07) is 0. The third-order valence-electron chi connectivity index (χ3n) is 2.47. The zero-order chi connectivity index (χ0) is 11.4. The van der Waals surface area contributed by atoms with Crippen LogP contribution in [0.1, 0.15) is 57.8 Å². The molecule has 0 aliphatic heterocycles. The molecule has 0 aromatic carbocycles. The summed E-state index contributed by atoms with van der Waals surface area (Å²) < 4.78 is 0. The fourth-order valence-corrected chi connectivity index (χ4v) is 2.20. The largest absolute Gasteiger partial charge is 0.281 e. The molecule has 0 aromatic rings. The lowest BCUT2D eigenvalue weighted by molar-refractivity contribution is -0.111. The molecule has 15 heavy (non-hydrogen) atoms. The van der Waals surface area contributed by atoms with E-state index in [0.29, 0.717) is 6.42 Å². The van der Waals surface area contributed by atoms with Gasteiger partial charge in [-0.1, -0.05) is 38.5 Å². The van der Waals surface area contributed by atoms with E-state index in [2.05, 4.69) is 6.26 Å². The number of carbonyl (C=O) groups excluding carboxylic acids is 1. The van der Waals surface area contributed by atoms with Crippen molar-refractivity contribution in [1.82, 2.24) is 0 Å². The first-order valence-electron chi connectivity index (χ1n) is 5.94. The second-order valence-corrected chi connectivity index (χ2v) is 5.33. The first kappa shape index (κ1) is 15.3. The molecule has 0 aliphatic rings. The Bertz CT molecular complexity index is 151. The average Bonchev–Trinajstić information content (AvgIpc) is 2.20. The quantitative estimate of drug-likeness (QED) is 0.393. The van der Waals surface area contributed by atoms with Crippen LogP contribution in [0.2, 0.25) is 0 Å². The normalized spacial score (nSPS) is 10.5. The van der Waals surface area contributed by atoms with E-state index in [1.165, 1.54) is 44.3 Å². The van der Waals surface area contributed by atoms with Gasteiger partial charge in [0.1, 0.15) is 0 Å². The monoisotopic (exact) mass is 250 g/mol. The Morgan fingerprint density at radius 3 is 1.87 bits per heavy atom. The Morgan fingerprint density at radius 2 is 1.40 bits per heavy atom. The molecule has 0 rings (SSSR count). The van der Waals surface area contributed by atoms with Crippen LogP contribution in [0.5, 0.6) is 0 Å². The molecule has 0 saturated heterocycles. The van der Waals surface area contributed by atoms with E-state index in [-0.39, 0.29) is 5.24 Å². The molecule has 1 nitrogen and oxygen atoms in total. The van der Waals surface area contributed by atoms with Crippen LogP contribution < -0.4 is 0 Å². The predicted octanol–water partition coefficient (Wildman–Crippen LogP) is 4.63. The van der Waals surface area contributed by atoms with Crippen LogP contribution in [0.15, 0.2) is 0 Å². The van der Waals surface area contributed by atoms with Gasteiger partial charge in [-0.25, -0.2) is 0 Å². The summed E-state index contributed by atoms with van der Waals surface area (Å²) in [5.41, 5.74) is 0. The highest BCUT2D eigenvalue weighted by Crippen LogP contribution is 2.11. The lowest BCUT2D eigenvalue weighted by Gasteiger charge is -2.00. The molecular weight excluding hydrogens is 228 g/mol. The summed E-state index contributed by atoms with van der Waals surface area (Å²) in [6.45, 7) is 0. The molecule has 90 valence electrons. The summed E-state index contributed by atoms with van der Waals surface area (Å²) in [4.78, 5) is 10.4. The lowest BCUT2D eigenvalue weighted by atomic mass is 10.1. The van der Waals surface area contributed by atoms with Gasteiger partial charge in [0.05, 0.1) is 0 Å². The van der Waals surface area contributed by atoms with Crippen molar-refractivity contribution in [3.8, 4) is 0 Å². The zero-order valence-electron chi connectivity index (χ0n) is 9.77. The average molecular weight is 251 g/mol. The number of halogens is 1. The van der Waals surface area contributed by atoms with E-state index in [0.717, 1.165) is 12.8 Å². The molecule has 0 aliphatic carbocycles. The van der Waals surface area contributed by atoms with E-state index >= 15 is 0 Å². The minimum Gasteiger partial charge on any atom is -0.281 e. The molecule has 3 heteroatoms. The lowest BCUT2D eigenvalue weighted by Crippen LogP contribution is -1.86. The van der Waals surface area contributed by atoms with Crippen molar-refractivity contribution in [2.24, 2.45) is 0 Å². The van der Waals surface area contributed by atoms with Gasteiger partial charge >= 0.3 is 0 Å². The van der Waals surface area contributed by atoms with Gasteiger partial charge in [-0.2, -0.15) is 11.8 Å². The Labute approximate surface area is 103 Å². The van der Waals surface area contributed by atoms with E-state index in [1.54, 1.807) is 0 Å². The summed E-state index contributed by atoms with van der Waals surface area (Å²) in [5.74, 6) is 1.30. The standard InChI is InChI=1S/C12H23ClOS/c1-15-11-9-7-5-3-2-4-6-8-10-12(13)14/h2-11H2,1H3. The zero-order valence-corrected chi connectivity index (χ0v) is 11.3. The molecule has 0 bridgehead atoms. The van der Waals surface area contributed by atoms with Crippen molar-refractivity contribution in [3.63, 3.8) is 0 Å². The van der Waals surface area contributed by atoms with Gasteiger partial charge < -0.3 is 0 Å². The molecule has 0 radical (unpaired) electrons. The fourth-order valence-electron chi connectivity index (χ4n) is 1.57. The van der Waals surface area contributed by atoms with Gasteiger partial charge in [0.2, 0.25) is 5.24 Å². The van der Waals surface area contributed by atoms with Crippen molar-refractivity contribution in [3.05, 3.63) is 0 Å². The van der Waals surface area contributed by atoms with Crippen LogP contribution in [-0.4, -0.2) is 17.3 Å². The van der Waals surface area contributed by atoms with E-state index in [4.69, 9.17) is 11.6 Å². The molecule has 0 unspecified atom stereocenters. The minimum absolute atomic E-state index is 0.188. The molecule has 0 amide bonds. The number of hydrogen-bond acceptors (Lipinski definition) is 2. The number of hydrogen-bond donors (Lipinski definition) is 0. The number of rotatable bonds is 11. The molecule has 0 atom stereocenters. The second-order valence-electron chi connectivity index (χ2n) is 3.93. The van der Waals surface area contributed by atoms with Gasteiger partial charge in [-0.05, 0) is 36.5 Å². The van der Waals surface area contributed by atoms with Crippen LogP contribution in [0, 0.1) is 0 Å². The first-order chi connectivity index (χ1) is 7.27. The molecule has 0 fully saturated rings. The van der Waals surface area contributed by atoms with Crippen molar-refractivity contribution < 1.29 is 4.79 Å². The maximum absolute atomic E-state index is 10.4. The topological polar surface area (TPSA) is 17.1 Å². The van der Waals surface area contributed by atoms with Gasteiger partial charge in [0.15, 0.2) is 0 Å². The summed E-state index contributed by atoms with van der Waals surface area (Å²) in [6.07, 6.45) is 12.9. The van der Waals surface area contributed by atoms with Crippen LogP contribution >= 0.6 is 23.4 Å². The molecular formula is C12H23ClOS. The van der Waals surface area contributed by atoms with E-state index in [9.17, 15) is 4.79 Å². The summed E-state index contributed by atoms with van der Waals surface area (Å²) >= 11 is 7.18. The maximum atomic E-state index is 10.4. The van der Waals surface area contributed by atoms with Gasteiger partial charge in [0, 0.05) is 6.42 Å². The number of thioether (sulfide) groups is 1. The fraction of sp³-hybridized carbons (Fsp3) is 0.917. The van der Waals surface area contributed by atoms with Crippen molar-refractivity contribution in [1.29, 1.82) is 0 Å². The predicted molar refractivity (Wildman–Crippen MR) is 70.8 cm³/mol. The highest BCUT2D eigenvalue weighted by Gasteiger charge is 1.96.